The van der Waals surface area contributed by atoms with E-state index in [9.17, 15) is 9.59 Å². The first-order chi connectivity index (χ1) is 10.1. The number of piperidine rings is 2. The lowest BCUT2D eigenvalue weighted by molar-refractivity contribution is -0.136. The van der Waals surface area contributed by atoms with E-state index in [0.717, 1.165) is 38.8 Å². The highest BCUT2D eigenvalue weighted by Gasteiger charge is 2.28. The van der Waals surface area contributed by atoms with Crippen LogP contribution < -0.4 is 11.1 Å². The number of likely N-dealkylation sites (tertiary alicyclic amines) is 2. The van der Waals surface area contributed by atoms with Gasteiger partial charge in [-0.25, -0.2) is 0 Å². The Hall–Kier alpha value is -1.14. The predicted molar refractivity (Wildman–Crippen MR) is 81.6 cm³/mol. The van der Waals surface area contributed by atoms with Crippen molar-refractivity contribution in [2.24, 2.45) is 11.7 Å². The molecule has 6 heteroatoms. The topological polar surface area (TPSA) is 78.7 Å². The van der Waals surface area contributed by atoms with Crippen molar-refractivity contribution in [3.63, 3.8) is 0 Å². The summed E-state index contributed by atoms with van der Waals surface area (Å²) < 4.78 is 0. The largest absolute Gasteiger partial charge is 0.356 e. The summed E-state index contributed by atoms with van der Waals surface area (Å²) in [6.45, 7) is 6.35. The molecule has 2 aliphatic heterocycles. The first kappa shape index (κ1) is 16.2. The van der Waals surface area contributed by atoms with Gasteiger partial charge < -0.3 is 16.0 Å². The molecule has 0 saturated carbocycles. The fraction of sp³-hybridized carbons (Fsp3) is 0.867. The molecule has 0 spiro atoms. The van der Waals surface area contributed by atoms with Crippen LogP contribution in [0.2, 0.25) is 0 Å². The van der Waals surface area contributed by atoms with Crippen LogP contribution >= 0.6 is 0 Å². The summed E-state index contributed by atoms with van der Waals surface area (Å²) >= 11 is 0. The summed E-state index contributed by atoms with van der Waals surface area (Å²) in [5, 5.41) is 2.87. The third-order valence-electron chi connectivity index (χ3n) is 4.56. The maximum Gasteiger partial charge on any atom is 0.236 e. The molecule has 0 aromatic heterocycles. The monoisotopic (exact) mass is 296 g/mol. The molecule has 6 nitrogen and oxygen atoms in total. The Morgan fingerprint density at radius 3 is 2.29 bits per heavy atom. The van der Waals surface area contributed by atoms with Crippen LogP contribution in [-0.4, -0.2) is 66.9 Å². The number of amides is 2. The molecule has 0 aromatic carbocycles. The molecule has 0 atom stereocenters. The third-order valence-corrected chi connectivity index (χ3v) is 4.56. The summed E-state index contributed by atoms with van der Waals surface area (Å²) in [5.41, 5.74) is 5.88. The number of nitrogens with two attached hydrogens (primary N) is 1. The molecule has 3 N–H and O–H groups in total. The highest BCUT2D eigenvalue weighted by Crippen LogP contribution is 2.18. The van der Waals surface area contributed by atoms with Crippen LogP contribution in [0.1, 0.15) is 32.6 Å². The van der Waals surface area contributed by atoms with E-state index < -0.39 is 0 Å². The van der Waals surface area contributed by atoms with Crippen LogP contribution in [-0.2, 0) is 9.59 Å². The van der Waals surface area contributed by atoms with Gasteiger partial charge in [0.2, 0.25) is 11.8 Å². The Morgan fingerprint density at radius 2 is 1.71 bits per heavy atom. The molecular formula is C15H28N4O2. The van der Waals surface area contributed by atoms with Crippen LogP contribution in [0.4, 0.5) is 0 Å². The summed E-state index contributed by atoms with van der Waals surface area (Å²) in [6.07, 6.45) is 3.52. The van der Waals surface area contributed by atoms with Crippen molar-refractivity contribution in [2.75, 3.05) is 39.3 Å². The van der Waals surface area contributed by atoms with E-state index in [1.165, 1.54) is 0 Å². The Bertz CT molecular complexity index is 359. The average molecular weight is 296 g/mol. The molecule has 0 unspecified atom stereocenters. The lowest BCUT2D eigenvalue weighted by atomic mass is 9.96. The zero-order chi connectivity index (χ0) is 15.2. The van der Waals surface area contributed by atoms with E-state index in [-0.39, 0.29) is 17.7 Å². The Balaban J connectivity index is 1.71. The smallest absolute Gasteiger partial charge is 0.236 e. The van der Waals surface area contributed by atoms with Crippen molar-refractivity contribution in [2.45, 2.75) is 38.6 Å². The molecule has 2 aliphatic rings. The standard InChI is InChI=1S/C15H28N4O2/c1-2-17-15(21)12-3-9-19(10-4-12)14(20)11-18-7-5-13(16)6-8-18/h12-13H,2-11,16H2,1H3,(H,17,21). The molecule has 2 rings (SSSR count). The summed E-state index contributed by atoms with van der Waals surface area (Å²) in [4.78, 5) is 28.2. The lowest BCUT2D eigenvalue weighted by Crippen LogP contribution is -2.48. The second-order valence-corrected chi connectivity index (χ2v) is 6.16. The zero-order valence-corrected chi connectivity index (χ0v) is 13.0. The van der Waals surface area contributed by atoms with Crippen molar-refractivity contribution >= 4 is 11.8 Å². The first-order valence-corrected chi connectivity index (χ1v) is 8.13. The molecule has 0 bridgehead atoms. The summed E-state index contributed by atoms with van der Waals surface area (Å²) in [5.74, 6) is 0.399. The number of carbonyl (C=O) groups excluding carboxylic acids is 2. The Labute approximate surface area is 127 Å². The van der Waals surface area contributed by atoms with Gasteiger partial charge in [0, 0.05) is 44.7 Å². The van der Waals surface area contributed by atoms with Gasteiger partial charge in [-0.2, -0.15) is 0 Å². The molecule has 0 aromatic rings. The first-order valence-electron chi connectivity index (χ1n) is 8.13. The number of nitrogens with one attached hydrogen (secondary N) is 1. The van der Waals surface area contributed by atoms with Gasteiger partial charge in [0.1, 0.15) is 0 Å². The van der Waals surface area contributed by atoms with E-state index >= 15 is 0 Å². The van der Waals surface area contributed by atoms with Crippen LogP contribution in [0.5, 0.6) is 0 Å². The second kappa shape index (κ2) is 7.75. The van der Waals surface area contributed by atoms with Gasteiger partial charge in [0.05, 0.1) is 6.54 Å². The number of rotatable bonds is 4. The van der Waals surface area contributed by atoms with Crippen molar-refractivity contribution < 1.29 is 9.59 Å². The third kappa shape index (κ3) is 4.68. The minimum Gasteiger partial charge on any atom is -0.356 e. The number of nitrogens with zero attached hydrogens (tertiary/aromatic N) is 2. The number of carbonyl (C=O) groups is 2. The SMILES string of the molecule is CCNC(=O)C1CCN(C(=O)CN2CCC(N)CC2)CC1. The molecule has 0 aliphatic carbocycles. The minimum absolute atomic E-state index is 0.0713. The van der Waals surface area contributed by atoms with Crippen molar-refractivity contribution in [3.8, 4) is 0 Å². The van der Waals surface area contributed by atoms with E-state index in [0.29, 0.717) is 32.2 Å². The zero-order valence-electron chi connectivity index (χ0n) is 13.0. The van der Waals surface area contributed by atoms with Crippen LogP contribution in [0.25, 0.3) is 0 Å². The molecule has 120 valence electrons. The highest BCUT2D eigenvalue weighted by molar-refractivity contribution is 5.80. The van der Waals surface area contributed by atoms with Gasteiger partial charge in [-0.15, -0.1) is 0 Å². The van der Waals surface area contributed by atoms with Gasteiger partial charge >= 0.3 is 0 Å². The molecule has 2 saturated heterocycles. The molecule has 2 fully saturated rings. The minimum atomic E-state index is 0.0713. The fourth-order valence-corrected chi connectivity index (χ4v) is 3.11. The van der Waals surface area contributed by atoms with E-state index in [4.69, 9.17) is 5.73 Å². The predicted octanol–water partition coefficient (Wildman–Crippen LogP) is -0.216. The number of hydrogen-bond acceptors (Lipinski definition) is 4. The second-order valence-electron chi connectivity index (χ2n) is 6.16. The van der Waals surface area contributed by atoms with E-state index in [1.54, 1.807) is 0 Å². The maximum absolute atomic E-state index is 12.3. The molecule has 2 amide bonds. The average Bonchev–Trinajstić information content (AvgIpc) is 2.50. The molecule has 21 heavy (non-hydrogen) atoms. The summed E-state index contributed by atoms with van der Waals surface area (Å²) in [6, 6.07) is 0.296. The van der Waals surface area contributed by atoms with Crippen LogP contribution in [0.3, 0.4) is 0 Å². The normalized spacial score (nSPS) is 22.3. The highest BCUT2D eigenvalue weighted by atomic mass is 16.2. The van der Waals surface area contributed by atoms with E-state index in [1.807, 2.05) is 11.8 Å². The molecular weight excluding hydrogens is 268 g/mol. The number of hydrogen-bond donors (Lipinski definition) is 2. The maximum atomic E-state index is 12.3. The van der Waals surface area contributed by atoms with Gasteiger partial charge in [0.15, 0.2) is 0 Å². The van der Waals surface area contributed by atoms with Gasteiger partial charge in [0.25, 0.3) is 0 Å². The Morgan fingerprint density at radius 1 is 1.10 bits per heavy atom. The van der Waals surface area contributed by atoms with Crippen molar-refractivity contribution in [1.29, 1.82) is 0 Å². The van der Waals surface area contributed by atoms with Gasteiger partial charge in [-0.3, -0.25) is 14.5 Å². The lowest BCUT2D eigenvalue weighted by Gasteiger charge is -2.34. The van der Waals surface area contributed by atoms with Gasteiger partial charge in [-0.1, -0.05) is 0 Å². The molecule has 2 heterocycles. The fourth-order valence-electron chi connectivity index (χ4n) is 3.11. The van der Waals surface area contributed by atoms with Crippen molar-refractivity contribution in [3.05, 3.63) is 0 Å². The molecule has 0 radical (unpaired) electrons. The van der Waals surface area contributed by atoms with Crippen LogP contribution in [0.15, 0.2) is 0 Å². The Kier molecular flexibility index (Phi) is 5.99. The van der Waals surface area contributed by atoms with Gasteiger partial charge in [-0.05, 0) is 32.6 Å². The van der Waals surface area contributed by atoms with Crippen LogP contribution in [0, 0.1) is 5.92 Å². The van der Waals surface area contributed by atoms with Crippen molar-refractivity contribution in [1.82, 2.24) is 15.1 Å². The van der Waals surface area contributed by atoms with E-state index in [2.05, 4.69) is 10.2 Å². The quantitative estimate of drug-likeness (QED) is 0.752. The summed E-state index contributed by atoms with van der Waals surface area (Å²) in [7, 11) is 0.